The Kier molecular flexibility index (Phi) is 3.77. The number of imide groups is 1. The minimum Gasteiger partial charge on any atom is -0.304 e. The molecule has 23 heavy (non-hydrogen) atoms. The number of nitrogens with zero attached hydrogens (tertiary/aromatic N) is 2. The Morgan fingerprint density at radius 3 is 2.26 bits per heavy atom. The van der Waals surface area contributed by atoms with Gasteiger partial charge in [-0.2, -0.15) is 4.99 Å². The monoisotopic (exact) mass is 331 g/mol. The highest BCUT2D eigenvalue weighted by Gasteiger charge is 2.41. The summed E-state index contributed by atoms with van der Waals surface area (Å²) >= 11 is 1.13. The quantitative estimate of drug-likeness (QED) is 0.809. The number of nitrogens with one attached hydrogen (secondary N) is 1. The van der Waals surface area contributed by atoms with Crippen molar-refractivity contribution in [2.75, 3.05) is 0 Å². The molecule has 1 saturated heterocycles. The van der Waals surface area contributed by atoms with Gasteiger partial charge >= 0.3 is 0 Å². The van der Waals surface area contributed by atoms with Crippen molar-refractivity contribution in [2.24, 2.45) is 4.99 Å². The lowest BCUT2D eigenvalue weighted by molar-refractivity contribution is -0.121. The van der Waals surface area contributed by atoms with E-state index in [2.05, 4.69) is 10.3 Å². The number of amides is 4. The molecule has 118 valence electrons. The minimum absolute atomic E-state index is 0.191. The number of amidine groups is 1. The molecule has 1 N–H and O–H groups in total. The Hall–Kier alpha value is -2.48. The van der Waals surface area contributed by atoms with Gasteiger partial charge in [-0.1, -0.05) is 23.9 Å². The summed E-state index contributed by atoms with van der Waals surface area (Å²) in [4.78, 5) is 53.0. The highest BCUT2D eigenvalue weighted by atomic mass is 32.2. The first kappa shape index (κ1) is 15.4. The Morgan fingerprint density at radius 1 is 1.22 bits per heavy atom. The molecule has 7 nitrogen and oxygen atoms in total. The summed E-state index contributed by atoms with van der Waals surface area (Å²) in [5.41, 5.74) is 0.559. The number of aliphatic imine (C=N–C) groups is 1. The van der Waals surface area contributed by atoms with Crippen LogP contribution in [0.3, 0.4) is 0 Å². The van der Waals surface area contributed by atoms with Crippen LogP contribution in [-0.2, 0) is 9.59 Å². The van der Waals surface area contributed by atoms with Gasteiger partial charge in [0.25, 0.3) is 17.7 Å². The molecule has 0 unspecified atom stereocenters. The fourth-order valence-electron chi connectivity index (χ4n) is 2.38. The number of hydrogen-bond acceptors (Lipinski definition) is 5. The lowest BCUT2D eigenvalue weighted by atomic mass is 10.1. The molecule has 4 amide bonds. The number of carbonyl (C=O) groups is 4. The first-order valence-electron chi connectivity index (χ1n) is 6.97. The first-order valence-corrected chi connectivity index (χ1v) is 7.85. The zero-order chi connectivity index (χ0) is 16.7. The Bertz CT molecular complexity index is 739. The maximum absolute atomic E-state index is 12.3. The molecule has 2 atom stereocenters. The van der Waals surface area contributed by atoms with Crippen molar-refractivity contribution in [3.05, 3.63) is 35.4 Å². The maximum atomic E-state index is 12.3. The zero-order valence-corrected chi connectivity index (χ0v) is 13.2. The van der Waals surface area contributed by atoms with Crippen LogP contribution in [-0.4, -0.2) is 45.0 Å². The lowest BCUT2D eigenvalue weighted by Gasteiger charge is -2.19. The Labute approximate surface area is 136 Å². The summed E-state index contributed by atoms with van der Waals surface area (Å²) in [5.74, 6) is -1.91. The van der Waals surface area contributed by atoms with E-state index in [9.17, 15) is 19.2 Å². The van der Waals surface area contributed by atoms with Gasteiger partial charge in [-0.3, -0.25) is 24.1 Å². The number of fused-ring (bicyclic) bond motifs is 1. The van der Waals surface area contributed by atoms with Crippen LogP contribution in [0.4, 0.5) is 0 Å². The molecule has 1 fully saturated rings. The van der Waals surface area contributed by atoms with Crippen molar-refractivity contribution in [1.29, 1.82) is 0 Å². The summed E-state index contributed by atoms with van der Waals surface area (Å²) in [5, 5.41) is 2.35. The number of thioether (sulfide) groups is 1. The number of rotatable bonds is 2. The van der Waals surface area contributed by atoms with Crippen molar-refractivity contribution >= 4 is 40.6 Å². The second-order valence-corrected chi connectivity index (χ2v) is 6.54. The van der Waals surface area contributed by atoms with Gasteiger partial charge in [0, 0.05) is 0 Å². The molecule has 1 aromatic carbocycles. The minimum atomic E-state index is -1.04. The van der Waals surface area contributed by atoms with E-state index in [1.54, 1.807) is 31.2 Å². The molecular formula is C15H13N3O4S. The van der Waals surface area contributed by atoms with Crippen LogP contribution >= 0.6 is 11.8 Å². The third kappa shape index (κ3) is 2.55. The third-order valence-electron chi connectivity index (χ3n) is 3.67. The van der Waals surface area contributed by atoms with Crippen LogP contribution in [0, 0.1) is 0 Å². The van der Waals surface area contributed by atoms with Crippen LogP contribution in [0.25, 0.3) is 0 Å². The molecule has 0 spiro atoms. The molecule has 1 aromatic rings. The smallest absolute Gasteiger partial charge is 0.271 e. The van der Waals surface area contributed by atoms with Crippen molar-refractivity contribution in [1.82, 2.24) is 10.2 Å². The molecule has 0 radical (unpaired) electrons. The first-order chi connectivity index (χ1) is 10.9. The summed E-state index contributed by atoms with van der Waals surface area (Å²) in [7, 11) is 0. The normalized spacial score (nSPS) is 23.2. The van der Waals surface area contributed by atoms with Gasteiger partial charge in [-0.25, -0.2) is 0 Å². The summed E-state index contributed by atoms with van der Waals surface area (Å²) in [6, 6.07) is 5.38. The Morgan fingerprint density at radius 2 is 1.78 bits per heavy atom. The second-order valence-electron chi connectivity index (χ2n) is 5.21. The fraction of sp³-hybridized carbons (Fsp3) is 0.267. The molecule has 8 heteroatoms. The third-order valence-corrected chi connectivity index (χ3v) is 4.65. The maximum Gasteiger partial charge on any atom is 0.271 e. The van der Waals surface area contributed by atoms with Gasteiger partial charge in [-0.05, 0) is 26.0 Å². The van der Waals surface area contributed by atoms with Gasteiger partial charge < -0.3 is 5.32 Å². The van der Waals surface area contributed by atoms with Crippen LogP contribution < -0.4 is 5.32 Å². The molecule has 0 saturated carbocycles. The van der Waals surface area contributed by atoms with E-state index < -0.39 is 23.8 Å². The van der Waals surface area contributed by atoms with Crippen LogP contribution in [0.1, 0.15) is 34.6 Å². The standard InChI is InChI=1S/C15H13N3O4S/c1-7(11(19)16-15-17-12(20)8(2)23-15)18-13(21)9-5-3-4-6-10(9)14(18)22/h3-8H,1-2H3,(H,16,17,19,20)/t7-,8-/m1/s1. The molecule has 0 bridgehead atoms. The lowest BCUT2D eigenvalue weighted by Crippen LogP contribution is -2.42. The Balaban J connectivity index is 1.82. The highest BCUT2D eigenvalue weighted by molar-refractivity contribution is 8.15. The van der Waals surface area contributed by atoms with Crippen LogP contribution in [0.2, 0.25) is 0 Å². The molecule has 2 aliphatic heterocycles. The van der Waals surface area contributed by atoms with Crippen molar-refractivity contribution in [3.63, 3.8) is 0 Å². The van der Waals surface area contributed by atoms with Crippen molar-refractivity contribution in [3.8, 4) is 0 Å². The molecule has 2 aliphatic rings. The van der Waals surface area contributed by atoms with Crippen LogP contribution in [0.5, 0.6) is 0 Å². The average molecular weight is 331 g/mol. The highest BCUT2D eigenvalue weighted by Crippen LogP contribution is 2.25. The SMILES string of the molecule is C[C@H](C(=O)N=C1NC(=O)[C@@H](C)S1)N1C(=O)c2ccccc2C1=O. The van der Waals surface area contributed by atoms with E-state index in [0.717, 1.165) is 16.7 Å². The van der Waals surface area contributed by atoms with E-state index in [-0.39, 0.29) is 27.5 Å². The van der Waals surface area contributed by atoms with Gasteiger partial charge in [0.05, 0.1) is 16.4 Å². The van der Waals surface area contributed by atoms with Gasteiger partial charge in [0.2, 0.25) is 5.91 Å². The molecule has 0 aliphatic carbocycles. The topological polar surface area (TPSA) is 95.9 Å². The fourth-order valence-corrected chi connectivity index (χ4v) is 3.18. The van der Waals surface area contributed by atoms with E-state index in [1.165, 1.54) is 6.92 Å². The van der Waals surface area contributed by atoms with Gasteiger partial charge in [-0.15, -0.1) is 0 Å². The predicted octanol–water partition coefficient (Wildman–Crippen LogP) is 0.805. The van der Waals surface area contributed by atoms with Crippen LogP contribution in [0.15, 0.2) is 29.3 Å². The zero-order valence-electron chi connectivity index (χ0n) is 12.4. The van der Waals surface area contributed by atoms with Gasteiger partial charge in [0.1, 0.15) is 6.04 Å². The van der Waals surface area contributed by atoms with E-state index in [4.69, 9.17) is 0 Å². The molecule has 3 rings (SSSR count). The molecule has 0 aromatic heterocycles. The molecule has 2 heterocycles. The summed E-state index contributed by atoms with van der Waals surface area (Å²) in [6.45, 7) is 3.14. The van der Waals surface area contributed by atoms with E-state index in [0.29, 0.717) is 0 Å². The summed E-state index contributed by atoms with van der Waals surface area (Å²) < 4.78 is 0. The second kappa shape index (κ2) is 5.62. The van der Waals surface area contributed by atoms with E-state index in [1.807, 2.05) is 0 Å². The number of benzene rings is 1. The summed E-state index contributed by atoms with van der Waals surface area (Å²) in [6.07, 6.45) is 0. The van der Waals surface area contributed by atoms with Gasteiger partial charge in [0.15, 0.2) is 5.17 Å². The molecular weight excluding hydrogens is 318 g/mol. The largest absolute Gasteiger partial charge is 0.304 e. The van der Waals surface area contributed by atoms with Crippen molar-refractivity contribution < 1.29 is 19.2 Å². The van der Waals surface area contributed by atoms with Crippen molar-refractivity contribution in [2.45, 2.75) is 25.1 Å². The number of carbonyl (C=O) groups excluding carboxylic acids is 4. The number of hydrogen-bond donors (Lipinski definition) is 1. The van der Waals surface area contributed by atoms with E-state index >= 15 is 0 Å². The predicted molar refractivity (Wildman–Crippen MR) is 84.0 cm³/mol. The average Bonchev–Trinajstić information content (AvgIpc) is 2.97.